The van der Waals surface area contributed by atoms with Gasteiger partial charge in [0.25, 0.3) is 0 Å². The SMILES string of the molecule is O=C(c1coc2ccccc12)C1CC2COCC(C1)N2Cc1ccccc1. The number of piperidine rings is 1. The second-order valence-electron chi connectivity index (χ2n) is 7.68. The third-order valence-corrected chi connectivity index (χ3v) is 6.00. The Kier molecular flexibility index (Phi) is 4.30. The summed E-state index contributed by atoms with van der Waals surface area (Å²) in [4.78, 5) is 15.8. The summed E-state index contributed by atoms with van der Waals surface area (Å²) < 4.78 is 11.4. The molecule has 0 saturated carbocycles. The molecule has 0 N–H and O–H groups in total. The summed E-state index contributed by atoms with van der Waals surface area (Å²) in [7, 11) is 0. The first kappa shape index (κ1) is 16.7. The van der Waals surface area contributed by atoms with Gasteiger partial charge in [-0.05, 0) is 24.5 Å². The van der Waals surface area contributed by atoms with Crippen molar-refractivity contribution in [3.8, 4) is 0 Å². The first-order chi connectivity index (χ1) is 13.3. The van der Waals surface area contributed by atoms with Crippen molar-refractivity contribution < 1.29 is 13.9 Å². The number of morpholine rings is 1. The molecule has 1 aromatic heterocycles. The van der Waals surface area contributed by atoms with E-state index >= 15 is 0 Å². The molecule has 2 aliphatic rings. The van der Waals surface area contributed by atoms with E-state index < -0.39 is 0 Å². The number of para-hydroxylation sites is 1. The van der Waals surface area contributed by atoms with Crippen LogP contribution < -0.4 is 0 Å². The highest BCUT2D eigenvalue weighted by Gasteiger charge is 2.41. The Morgan fingerprint density at radius 3 is 2.44 bits per heavy atom. The van der Waals surface area contributed by atoms with Gasteiger partial charge in [0, 0.05) is 29.9 Å². The topological polar surface area (TPSA) is 42.7 Å². The van der Waals surface area contributed by atoms with Gasteiger partial charge in [-0.2, -0.15) is 0 Å². The fourth-order valence-electron chi connectivity index (χ4n) is 4.64. The quantitative estimate of drug-likeness (QED) is 0.650. The molecule has 2 atom stereocenters. The third-order valence-electron chi connectivity index (χ3n) is 6.00. The summed E-state index contributed by atoms with van der Waals surface area (Å²) in [5, 5.41) is 0.927. The van der Waals surface area contributed by atoms with Crippen LogP contribution in [0.3, 0.4) is 0 Å². The van der Waals surface area contributed by atoms with E-state index in [1.54, 1.807) is 6.26 Å². The van der Waals surface area contributed by atoms with Crippen LogP contribution in [0.2, 0.25) is 0 Å². The number of nitrogens with zero attached hydrogens (tertiary/aromatic N) is 1. The molecule has 4 heteroatoms. The monoisotopic (exact) mass is 361 g/mol. The highest BCUT2D eigenvalue weighted by Crippen LogP contribution is 2.36. The Balaban J connectivity index is 1.37. The predicted molar refractivity (Wildman–Crippen MR) is 104 cm³/mol. The molecule has 27 heavy (non-hydrogen) atoms. The highest BCUT2D eigenvalue weighted by atomic mass is 16.5. The summed E-state index contributed by atoms with van der Waals surface area (Å²) in [6.45, 7) is 2.34. The molecule has 4 nitrogen and oxygen atoms in total. The van der Waals surface area contributed by atoms with Gasteiger partial charge in [0.1, 0.15) is 11.8 Å². The van der Waals surface area contributed by atoms with Crippen LogP contribution in [0.15, 0.2) is 65.3 Å². The maximum absolute atomic E-state index is 13.3. The van der Waals surface area contributed by atoms with Crippen LogP contribution in [-0.2, 0) is 11.3 Å². The zero-order valence-corrected chi connectivity index (χ0v) is 15.2. The Labute approximate surface area is 158 Å². The van der Waals surface area contributed by atoms with E-state index in [-0.39, 0.29) is 11.7 Å². The minimum atomic E-state index is 0.0388. The number of fused-ring (bicyclic) bond motifs is 3. The molecular weight excluding hydrogens is 338 g/mol. The van der Waals surface area contributed by atoms with Crippen LogP contribution in [0.1, 0.15) is 28.8 Å². The van der Waals surface area contributed by atoms with Crippen LogP contribution in [0.5, 0.6) is 0 Å². The molecule has 2 bridgehead atoms. The number of furan rings is 1. The Hall–Kier alpha value is -2.43. The second-order valence-corrected chi connectivity index (χ2v) is 7.68. The second kappa shape index (κ2) is 6.95. The largest absolute Gasteiger partial charge is 0.464 e. The van der Waals surface area contributed by atoms with Crippen LogP contribution in [0.25, 0.3) is 11.0 Å². The highest BCUT2D eigenvalue weighted by molar-refractivity contribution is 6.08. The summed E-state index contributed by atoms with van der Waals surface area (Å²) in [6.07, 6.45) is 3.33. The number of carbonyl (C=O) groups is 1. The first-order valence-electron chi connectivity index (χ1n) is 9.67. The minimum Gasteiger partial charge on any atom is -0.464 e. The Morgan fingerprint density at radius 1 is 0.963 bits per heavy atom. The first-order valence-corrected chi connectivity index (χ1v) is 9.67. The maximum atomic E-state index is 13.3. The molecular formula is C23H23NO3. The lowest BCUT2D eigenvalue weighted by atomic mass is 9.80. The Morgan fingerprint density at radius 2 is 1.67 bits per heavy atom. The molecule has 3 heterocycles. The molecule has 0 amide bonds. The molecule has 2 fully saturated rings. The van der Waals surface area contributed by atoms with Crippen LogP contribution in [-0.4, -0.2) is 36.0 Å². The third kappa shape index (κ3) is 3.09. The van der Waals surface area contributed by atoms with E-state index in [1.807, 2.05) is 30.3 Å². The molecule has 138 valence electrons. The van der Waals surface area contributed by atoms with E-state index in [0.29, 0.717) is 25.3 Å². The van der Waals surface area contributed by atoms with Crippen molar-refractivity contribution in [1.82, 2.24) is 4.90 Å². The molecule has 2 aromatic carbocycles. The van der Waals surface area contributed by atoms with Crippen molar-refractivity contribution in [2.75, 3.05) is 13.2 Å². The van der Waals surface area contributed by atoms with Gasteiger partial charge >= 0.3 is 0 Å². The molecule has 0 aliphatic carbocycles. The average molecular weight is 361 g/mol. The number of benzene rings is 2. The zero-order chi connectivity index (χ0) is 18.2. The summed E-state index contributed by atoms with van der Waals surface area (Å²) >= 11 is 0. The molecule has 0 spiro atoms. The van der Waals surface area contributed by atoms with Crippen molar-refractivity contribution in [2.24, 2.45) is 5.92 Å². The van der Waals surface area contributed by atoms with E-state index in [0.717, 1.165) is 35.9 Å². The van der Waals surface area contributed by atoms with E-state index in [1.165, 1.54) is 5.56 Å². The van der Waals surface area contributed by atoms with E-state index in [9.17, 15) is 4.79 Å². The van der Waals surface area contributed by atoms with Crippen LogP contribution in [0.4, 0.5) is 0 Å². The van der Waals surface area contributed by atoms with E-state index in [2.05, 4.69) is 29.2 Å². The lowest BCUT2D eigenvalue weighted by molar-refractivity contribution is -0.0872. The van der Waals surface area contributed by atoms with Crippen molar-refractivity contribution in [1.29, 1.82) is 0 Å². The molecule has 2 aliphatic heterocycles. The molecule has 2 saturated heterocycles. The van der Waals surface area contributed by atoms with Gasteiger partial charge in [0.05, 0.1) is 18.8 Å². The summed E-state index contributed by atoms with van der Waals surface area (Å²) in [5.41, 5.74) is 2.83. The fourth-order valence-corrected chi connectivity index (χ4v) is 4.64. The van der Waals surface area contributed by atoms with Gasteiger partial charge in [-0.3, -0.25) is 9.69 Å². The number of ketones is 1. The smallest absolute Gasteiger partial charge is 0.169 e. The van der Waals surface area contributed by atoms with Crippen molar-refractivity contribution in [3.63, 3.8) is 0 Å². The van der Waals surface area contributed by atoms with Gasteiger partial charge in [-0.25, -0.2) is 0 Å². The molecule has 2 unspecified atom stereocenters. The number of hydrogen-bond acceptors (Lipinski definition) is 4. The van der Waals surface area contributed by atoms with E-state index in [4.69, 9.17) is 9.15 Å². The van der Waals surface area contributed by atoms with Gasteiger partial charge in [0.15, 0.2) is 5.78 Å². The zero-order valence-electron chi connectivity index (χ0n) is 15.2. The molecule has 0 radical (unpaired) electrons. The average Bonchev–Trinajstić information content (AvgIpc) is 3.12. The molecule has 3 aromatic rings. The number of rotatable bonds is 4. The van der Waals surface area contributed by atoms with Gasteiger partial charge in [0.2, 0.25) is 0 Å². The maximum Gasteiger partial charge on any atom is 0.169 e. The van der Waals surface area contributed by atoms with Crippen molar-refractivity contribution >= 4 is 16.8 Å². The number of ether oxygens (including phenoxy) is 1. The fraction of sp³-hybridized carbons (Fsp3) is 0.348. The van der Waals surface area contributed by atoms with Gasteiger partial charge in [-0.1, -0.05) is 48.5 Å². The Bertz CT molecular complexity index is 934. The number of Topliss-reactive ketones (excluding diaryl/α,β-unsaturated/α-hetero) is 1. The number of hydrogen-bond donors (Lipinski definition) is 0. The van der Waals surface area contributed by atoms with Crippen molar-refractivity contribution in [3.05, 3.63) is 72.0 Å². The van der Waals surface area contributed by atoms with Gasteiger partial charge < -0.3 is 9.15 Å². The van der Waals surface area contributed by atoms with Crippen molar-refractivity contribution in [2.45, 2.75) is 31.5 Å². The summed E-state index contributed by atoms with van der Waals surface area (Å²) in [5.74, 6) is 0.258. The lowest BCUT2D eigenvalue weighted by Crippen LogP contribution is -2.57. The number of carbonyl (C=O) groups excluding carboxylic acids is 1. The van der Waals surface area contributed by atoms with Gasteiger partial charge in [-0.15, -0.1) is 0 Å². The predicted octanol–water partition coefficient (Wildman–Crippen LogP) is 4.30. The summed E-state index contributed by atoms with van der Waals surface area (Å²) in [6, 6.07) is 18.9. The van der Waals surface area contributed by atoms with Crippen LogP contribution in [0, 0.1) is 5.92 Å². The molecule has 5 rings (SSSR count). The minimum absolute atomic E-state index is 0.0388. The lowest BCUT2D eigenvalue weighted by Gasteiger charge is -2.48. The standard InChI is InChI=1S/C23H23NO3/c25-23(21-15-27-22-9-5-4-8-20(21)22)17-10-18-13-26-14-19(11-17)24(18)12-16-6-2-1-3-7-16/h1-9,15,17-19H,10-14H2. The van der Waals surface area contributed by atoms with Crippen LogP contribution >= 0.6 is 0 Å². The normalized spacial score (nSPS) is 25.6.